The minimum absolute atomic E-state index is 0.352. The van der Waals surface area contributed by atoms with E-state index in [0.717, 1.165) is 31.7 Å². The topological polar surface area (TPSA) is 46.3 Å². The van der Waals surface area contributed by atoms with Crippen LogP contribution in [0.15, 0.2) is 0 Å². The monoisotopic (exact) mass is 218 g/mol. The predicted octanol–water partition coefficient (Wildman–Crippen LogP) is 0.568. The maximum absolute atomic E-state index is 10.9. The molecule has 14 heavy (non-hydrogen) atoms. The Morgan fingerprint density at radius 1 is 1.50 bits per heavy atom. The summed E-state index contributed by atoms with van der Waals surface area (Å²) in [6.07, 6.45) is 6.50. The summed E-state index contributed by atoms with van der Waals surface area (Å²) in [5, 5.41) is 0. The fourth-order valence-electron chi connectivity index (χ4n) is 1.95. The third-order valence-electron chi connectivity index (χ3n) is 2.70. The number of hydrogen-bond acceptors (Lipinski definition) is 3. The van der Waals surface area contributed by atoms with Gasteiger partial charge in [-0.3, -0.25) is 4.21 Å². The van der Waals surface area contributed by atoms with Crippen LogP contribution in [-0.4, -0.2) is 46.8 Å². The van der Waals surface area contributed by atoms with Gasteiger partial charge in [0.05, 0.1) is 0 Å². The van der Waals surface area contributed by atoms with Gasteiger partial charge in [-0.25, -0.2) is 0 Å². The Morgan fingerprint density at radius 3 is 3.00 bits per heavy atom. The summed E-state index contributed by atoms with van der Waals surface area (Å²) in [5.41, 5.74) is 5.95. The van der Waals surface area contributed by atoms with Crippen LogP contribution in [0, 0.1) is 0 Å². The summed E-state index contributed by atoms with van der Waals surface area (Å²) in [6, 6.07) is 0.352. The lowest BCUT2D eigenvalue weighted by Gasteiger charge is -2.21. The molecule has 1 fully saturated rings. The zero-order valence-electron chi connectivity index (χ0n) is 9.08. The van der Waals surface area contributed by atoms with Crippen LogP contribution in [0.4, 0.5) is 0 Å². The van der Waals surface area contributed by atoms with Crippen molar-refractivity contribution in [1.29, 1.82) is 0 Å². The molecule has 0 aromatic heterocycles. The Bertz CT molecular complexity index is 187. The van der Waals surface area contributed by atoms with Crippen molar-refractivity contribution in [2.75, 3.05) is 31.6 Å². The third kappa shape index (κ3) is 5.08. The number of nitrogens with two attached hydrogens (primary N) is 1. The molecule has 0 aliphatic carbocycles. The van der Waals surface area contributed by atoms with Crippen molar-refractivity contribution >= 4 is 10.8 Å². The molecular weight excluding hydrogens is 196 g/mol. The van der Waals surface area contributed by atoms with E-state index in [2.05, 4.69) is 4.90 Å². The second-order valence-electron chi connectivity index (χ2n) is 4.19. The molecule has 0 saturated carbocycles. The van der Waals surface area contributed by atoms with Crippen molar-refractivity contribution in [3.05, 3.63) is 0 Å². The van der Waals surface area contributed by atoms with Crippen molar-refractivity contribution < 1.29 is 4.21 Å². The molecule has 4 heteroatoms. The molecule has 1 aliphatic heterocycles. The molecule has 1 heterocycles. The van der Waals surface area contributed by atoms with Crippen molar-refractivity contribution in [3.8, 4) is 0 Å². The van der Waals surface area contributed by atoms with Gasteiger partial charge in [-0.1, -0.05) is 6.42 Å². The highest BCUT2D eigenvalue weighted by Gasteiger charge is 2.14. The highest BCUT2D eigenvalue weighted by atomic mass is 32.2. The van der Waals surface area contributed by atoms with E-state index in [-0.39, 0.29) is 0 Å². The zero-order chi connectivity index (χ0) is 10.4. The van der Waals surface area contributed by atoms with E-state index in [4.69, 9.17) is 5.73 Å². The quantitative estimate of drug-likeness (QED) is 0.750. The average molecular weight is 218 g/mol. The molecule has 1 saturated heterocycles. The standard InChI is InChI=1S/C10H22N2OS/c1-14(13)8-4-7-12-6-3-2-5-10(11)9-12/h10H,2-9,11H2,1H3. The molecule has 2 N–H and O–H groups in total. The maximum atomic E-state index is 10.9. The van der Waals surface area contributed by atoms with Crippen LogP contribution in [0.1, 0.15) is 25.7 Å². The van der Waals surface area contributed by atoms with Gasteiger partial charge in [0.25, 0.3) is 0 Å². The van der Waals surface area contributed by atoms with Gasteiger partial charge in [0, 0.05) is 35.4 Å². The summed E-state index contributed by atoms with van der Waals surface area (Å²) in [5.74, 6) is 0.825. The van der Waals surface area contributed by atoms with Gasteiger partial charge in [0.2, 0.25) is 0 Å². The summed E-state index contributed by atoms with van der Waals surface area (Å²) in [6.45, 7) is 3.26. The van der Waals surface area contributed by atoms with Crippen molar-refractivity contribution in [1.82, 2.24) is 4.90 Å². The lowest BCUT2D eigenvalue weighted by atomic mass is 10.2. The van der Waals surface area contributed by atoms with E-state index in [1.54, 1.807) is 6.26 Å². The van der Waals surface area contributed by atoms with Crippen molar-refractivity contribution in [3.63, 3.8) is 0 Å². The first kappa shape index (κ1) is 12.1. The number of nitrogens with zero attached hydrogens (tertiary/aromatic N) is 1. The molecule has 3 nitrogen and oxygen atoms in total. The molecule has 0 aromatic carbocycles. The maximum Gasteiger partial charge on any atom is 0.0244 e. The normalized spacial score (nSPS) is 27.1. The lowest BCUT2D eigenvalue weighted by Crippen LogP contribution is -2.36. The average Bonchev–Trinajstić information content (AvgIpc) is 2.29. The van der Waals surface area contributed by atoms with Crippen molar-refractivity contribution in [2.24, 2.45) is 5.73 Å². The van der Waals surface area contributed by atoms with E-state index in [1.165, 1.54) is 19.4 Å². The van der Waals surface area contributed by atoms with Crippen LogP contribution in [-0.2, 0) is 10.8 Å². The fourth-order valence-corrected chi connectivity index (χ4v) is 2.49. The Balaban J connectivity index is 2.18. The SMILES string of the molecule is CS(=O)CCCN1CCCCC(N)C1. The van der Waals surface area contributed by atoms with E-state index >= 15 is 0 Å². The minimum Gasteiger partial charge on any atom is -0.327 e. The molecule has 0 spiro atoms. The van der Waals surface area contributed by atoms with E-state index < -0.39 is 10.8 Å². The van der Waals surface area contributed by atoms with Gasteiger partial charge in [-0.2, -0.15) is 0 Å². The van der Waals surface area contributed by atoms with Gasteiger partial charge in [-0.15, -0.1) is 0 Å². The molecule has 84 valence electrons. The molecule has 0 amide bonds. The lowest BCUT2D eigenvalue weighted by molar-refractivity contribution is 0.274. The van der Waals surface area contributed by atoms with Gasteiger partial charge < -0.3 is 10.6 Å². The van der Waals surface area contributed by atoms with Crippen LogP contribution in [0.3, 0.4) is 0 Å². The van der Waals surface area contributed by atoms with E-state index in [0.29, 0.717) is 6.04 Å². The predicted molar refractivity (Wildman–Crippen MR) is 61.8 cm³/mol. The van der Waals surface area contributed by atoms with Crippen LogP contribution >= 0.6 is 0 Å². The second-order valence-corrected chi connectivity index (χ2v) is 5.74. The molecule has 1 rings (SSSR count). The Labute approximate surface area is 89.5 Å². The van der Waals surface area contributed by atoms with Gasteiger partial charge >= 0.3 is 0 Å². The molecular formula is C10H22N2OS. The first-order chi connectivity index (χ1) is 6.68. The number of hydrogen-bond donors (Lipinski definition) is 1. The van der Waals surface area contributed by atoms with Gasteiger partial charge in [-0.05, 0) is 32.4 Å². The summed E-state index contributed by atoms with van der Waals surface area (Å²) >= 11 is 0. The van der Waals surface area contributed by atoms with E-state index in [9.17, 15) is 4.21 Å². The third-order valence-corrected chi connectivity index (χ3v) is 3.56. The molecule has 1 aliphatic rings. The first-order valence-corrected chi connectivity index (χ1v) is 7.19. The molecule has 0 radical (unpaired) electrons. The van der Waals surface area contributed by atoms with Crippen molar-refractivity contribution in [2.45, 2.75) is 31.7 Å². The smallest absolute Gasteiger partial charge is 0.0244 e. The van der Waals surface area contributed by atoms with Crippen LogP contribution < -0.4 is 5.73 Å². The number of rotatable bonds is 4. The summed E-state index contributed by atoms with van der Waals surface area (Å²) < 4.78 is 10.9. The second kappa shape index (κ2) is 6.53. The molecule has 0 aromatic rings. The summed E-state index contributed by atoms with van der Waals surface area (Å²) in [7, 11) is -0.641. The molecule has 0 bridgehead atoms. The van der Waals surface area contributed by atoms with Crippen LogP contribution in [0.25, 0.3) is 0 Å². The van der Waals surface area contributed by atoms with Crippen LogP contribution in [0.5, 0.6) is 0 Å². The van der Waals surface area contributed by atoms with Gasteiger partial charge in [0.15, 0.2) is 0 Å². The molecule has 2 atom stereocenters. The minimum atomic E-state index is -0.641. The van der Waals surface area contributed by atoms with E-state index in [1.807, 2.05) is 0 Å². The first-order valence-electron chi connectivity index (χ1n) is 5.46. The van der Waals surface area contributed by atoms with Gasteiger partial charge in [0.1, 0.15) is 0 Å². The Hall–Kier alpha value is 0.0700. The fraction of sp³-hybridized carbons (Fsp3) is 1.00. The Morgan fingerprint density at radius 2 is 2.29 bits per heavy atom. The largest absolute Gasteiger partial charge is 0.327 e. The number of likely N-dealkylation sites (tertiary alicyclic amines) is 1. The zero-order valence-corrected chi connectivity index (χ0v) is 9.89. The highest BCUT2D eigenvalue weighted by Crippen LogP contribution is 2.09. The Kier molecular flexibility index (Phi) is 5.67. The van der Waals surface area contributed by atoms with Crippen LogP contribution in [0.2, 0.25) is 0 Å². The highest BCUT2D eigenvalue weighted by molar-refractivity contribution is 7.84. The summed E-state index contributed by atoms with van der Waals surface area (Å²) in [4.78, 5) is 2.42. The molecule has 2 unspecified atom stereocenters.